The number of rotatable bonds is 3. The van der Waals surface area contributed by atoms with Gasteiger partial charge in [-0.2, -0.15) is 0 Å². The van der Waals surface area contributed by atoms with E-state index in [9.17, 15) is 19.1 Å². The number of hydrogen-bond donors (Lipinski definition) is 2. The predicted octanol–water partition coefficient (Wildman–Crippen LogP) is 2.32. The Balaban J connectivity index is 1.75. The first-order valence-corrected chi connectivity index (χ1v) is 9.34. The number of aromatic amines is 1. The Hall–Kier alpha value is -3.56. The van der Waals surface area contributed by atoms with Crippen LogP contribution in [-0.4, -0.2) is 40.0 Å². The van der Waals surface area contributed by atoms with Crippen molar-refractivity contribution in [1.82, 2.24) is 28.9 Å². The van der Waals surface area contributed by atoms with Gasteiger partial charge in [-0.05, 0) is 25.0 Å². The van der Waals surface area contributed by atoms with Crippen LogP contribution in [0.15, 0.2) is 35.5 Å². The Morgan fingerprint density at radius 1 is 1.17 bits per heavy atom. The van der Waals surface area contributed by atoms with Crippen LogP contribution < -0.4 is 5.69 Å². The van der Waals surface area contributed by atoms with Crippen LogP contribution in [0.2, 0.25) is 0 Å². The highest BCUT2D eigenvalue weighted by Crippen LogP contribution is 2.36. The van der Waals surface area contributed by atoms with Crippen LogP contribution in [0.1, 0.15) is 32.1 Å². The maximum Gasteiger partial charge on any atom is 0.330 e. The van der Waals surface area contributed by atoms with E-state index in [4.69, 9.17) is 0 Å². The predicted molar refractivity (Wildman–Crippen MR) is 101 cm³/mol. The van der Waals surface area contributed by atoms with E-state index in [-0.39, 0.29) is 11.5 Å². The number of hydrogen-bond acceptors (Lipinski definition) is 5. The molecule has 2 N–H and O–H groups in total. The summed E-state index contributed by atoms with van der Waals surface area (Å²) < 4.78 is 16.5. The lowest BCUT2D eigenvalue weighted by Gasteiger charge is -2.33. The average Bonchev–Trinajstić information content (AvgIpc) is 3.27. The van der Waals surface area contributed by atoms with Crippen molar-refractivity contribution in [3.05, 3.63) is 47.0 Å². The van der Waals surface area contributed by atoms with Crippen molar-refractivity contribution >= 4 is 22.8 Å². The summed E-state index contributed by atoms with van der Waals surface area (Å²) in [6.07, 6.45) is 7.30. The zero-order chi connectivity index (χ0) is 20.2. The molecule has 0 amide bonds. The van der Waals surface area contributed by atoms with Crippen LogP contribution >= 0.6 is 0 Å². The second kappa shape index (κ2) is 6.23. The minimum absolute atomic E-state index is 0.218. The number of aliphatic carboxylic acids is 1. The zero-order valence-corrected chi connectivity index (χ0v) is 15.3. The van der Waals surface area contributed by atoms with Crippen LogP contribution in [0.3, 0.4) is 0 Å². The molecule has 1 aliphatic rings. The van der Waals surface area contributed by atoms with E-state index < -0.39 is 23.0 Å². The molecule has 10 heteroatoms. The van der Waals surface area contributed by atoms with Gasteiger partial charge in [0.15, 0.2) is 11.5 Å². The summed E-state index contributed by atoms with van der Waals surface area (Å²) in [5, 5.41) is 10.00. The molecule has 1 aliphatic carbocycles. The Bertz CT molecular complexity index is 1310. The molecule has 9 nitrogen and oxygen atoms in total. The molecule has 0 saturated heterocycles. The number of fused-ring (bicyclic) bond motifs is 2. The minimum Gasteiger partial charge on any atom is -0.479 e. The first-order valence-electron chi connectivity index (χ1n) is 9.34. The Morgan fingerprint density at radius 3 is 2.72 bits per heavy atom. The summed E-state index contributed by atoms with van der Waals surface area (Å²) in [6, 6.07) is 2.84. The summed E-state index contributed by atoms with van der Waals surface area (Å²) in [5.74, 6) is -1.26. The lowest BCUT2D eigenvalue weighted by molar-refractivity contribution is -0.149. The molecule has 0 bridgehead atoms. The Labute approximate surface area is 162 Å². The molecule has 4 aromatic rings. The van der Waals surface area contributed by atoms with Crippen molar-refractivity contribution in [3.63, 3.8) is 0 Å². The fourth-order valence-electron chi connectivity index (χ4n) is 4.21. The molecule has 1 saturated carbocycles. The average molecular weight is 396 g/mol. The lowest BCUT2D eigenvalue weighted by Crippen LogP contribution is -2.48. The number of halogens is 1. The molecule has 0 atom stereocenters. The second-order valence-corrected chi connectivity index (χ2v) is 7.31. The maximum absolute atomic E-state index is 13.7. The highest BCUT2D eigenvalue weighted by atomic mass is 19.1. The van der Waals surface area contributed by atoms with E-state index >= 15 is 0 Å². The number of imidazole rings is 2. The number of carbonyl (C=O) groups is 1. The Morgan fingerprint density at radius 2 is 1.97 bits per heavy atom. The third-order valence-electron chi connectivity index (χ3n) is 5.63. The molecular formula is C19H17FN6O3. The van der Waals surface area contributed by atoms with Crippen molar-refractivity contribution in [2.75, 3.05) is 0 Å². The molecule has 4 aromatic heterocycles. The highest BCUT2D eigenvalue weighted by molar-refractivity contribution is 5.81. The summed E-state index contributed by atoms with van der Waals surface area (Å²) >= 11 is 0. The molecular weight excluding hydrogens is 379 g/mol. The third-order valence-corrected chi connectivity index (χ3v) is 5.63. The van der Waals surface area contributed by atoms with E-state index in [1.54, 1.807) is 0 Å². The number of pyridine rings is 1. The van der Waals surface area contributed by atoms with Crippen LogP contribution in [-0.2, 0) is 10.3 Å². The van der Waals surface area contributed by atoms with E-state index in [0.29, 0.717) is 29.7 Å². The number of aromatic nitrogens is 6. The first-order chi connectivity index (χ1) is 14.0. The van der Waals surface area contributed by atoms with Gasteiger partial charge in [0.05, 0.1) is 12.4 Å². The van der Waals surface area contributed by atoms with Gasteiger partial charge in [0, 0.05) is 6.20 Å². The van der Waals surface area contributed by atoms with Gasteiger partial charge in [0.25, 0.3) is 0 Å². The van der Waals surface area contributed by atoms with Crippen LogP contribution in [0.25, 0.3) is 28.3 Å². The standard InChI is InChI=1S/C19H17FN6O3/c20-11-4-5-14-21-9-13(25(14)10-11)15-22-8-12-16(24-15)26(18(29)23-12)19(17(27)28)6-2-1-3-7-19/h4-5,8-10H,1-3,6-7H2,(H,23,29)(H,27,28). The normalized spacial score (nSPS) is 16.4. The Kier molecular flexibility index (Phi) is 3.76. The monoisotopic (exact) mass is 396 g/mol. The lowest BCUT2D eigenvalue weighted by atomic mass is 9.81. The molecule has 148 valence electrons. The van der Waals surface area contributed by atoms with Crippen molar-refractivity contribution < 1.29 is 14.3 Å². The van der Waals surface area contributed by atoms with Gasteiger partial charge in [-0.25, -0.2) is 28.9 Å². The molecule has 0 spiro atoms. The quantitative estimate of drug-likeness (QED) is 0.549. The molecule has 0 aliphatic heterocycles. The number of nitrogens with zero attached hydrogens (tertiary/aromatic N) is 5. The van der Waals surface area contributed by atoms with Gasteiger partial charge in [-0.15, -0.1) is 0 Å². The van der Waals surface area contributed by atoms with Gasteiger partial charge >= 0.3 is 11.7 Å². The fourth-order valence-corrected chi connectivity index (χ4v) is 4.21. The third kappa shape index (κ3) is 2.55. The van der Waals surface area contributed by atoms with E-state index in [2.05, 4.69) is 19.9 Å². The van der Waals surface area contributed by atoms with Gasteiger partial charge in [-0.3, -0.25) is 8.97 Å². The first kappa shape index (κ1) is 17.5. The highest BCUT2D eigenvalue weighted by Gasteiger charge is 2.44. The molecule has 5 rings (SSSR count). The minimum atomic E-state index is -1.34. The number of carboxylic acid groups (broad SMARTS) is 1. The van der Waals surface area contributed by atoms with E-state index in [1.165, 1.54) is 39.7 Å². The van der Waals surface area contributed by atoms with Crippen molar-refractivity contribution in [2.45, 2.75) is 37.6 Å². The topological polar surface area (TPSA) is 118 Å². The van der Waals surface area contributed by atoms with Crippen LogP contribution in [0.5, 0.6) is 0 Å². The molecule has 1 fully saturated rings. The second-order valence-electron chi connectivity index (χ2n) is 7.31. The molecule has 4 heterocycles. The van der Waals surface area contributed by atoms with Gasteiger partial charge in [0.2, 0.25) is 0 Å². The molecule has 0 aromatic carbocycles. The summed E-state index contributed by atoms with van der Waals surface area (Å²) in [4.78, 5) is 40.6. The summed E-state index contributed by atoms with van der Waals surface area (Å²) in [7, 11) is 0. The zero-order valence-electron chi connectivity index (χ0n) is 15.3. The van der Waals surface area contributed by atoms with Gasteiger partial charge < -0.3 is 10.1 Å². The SMILES string of the molecule is O=C(O)C1(n2c(=O)[nH]c3cnc(-c4cnc5ccc(F)cn45)nc32)CCCCC1. The maximum atomic E-state index is 13.7. The smallest absolute Gasteiger partial charge is 0.330 e. The van der Waals surface area contributed by atoms with Crippen molar-refractivity contribution in [2.24, 2.45) is 0 Å². The van der Waals surface area contributed by atoms with Crippen molar-refractivity contribution in [3.8, 4) is 11.5 Å². The molecule has 0 unspecified atom stereocenters. The number of carboxylic acids is 1. The van der Waals surface area contributed by atoms with Crippen LogP contribution in [0, 0.1) is 5.82 Å². The summed E-state index contributed by atoms with van der Waals surface area (Å²) in [5.41, 5.74) is -0.342. The van der Waals surface area contributed by atoms with E-state index in [1.807, 2.05) is 0 Å². The van der Waals surface area contributed by atoms with Gasteiger partial charge in [-0.1, -0.05) is 19.3 Å². The van der Waals surface area contributed by atoms with Gasteiger partial charge in [0.1, 0.15) is 28.2 Å². The summed E-state index contributed by atoms with van der Waals surface area (Å²) in [6.45, 7) is 0. The molecule has 0 radical (unpaired) electrons. The van der Waals surface area contributed by atoms with Crippen LogP contribution in [0.4, 0.5) is 4.39 Å². The number of nitrogens with one attached hydrogen (secondary N) is 1. The van der Waals surface area contributed by atoms with Crippen molar-refractivity contribution in [1.29, 1.82) is 0 Å². The number of H-pyrrole nitrogens is 1. The largest absolute Gasteiger partial charge is 0.479 e. The molecule has 29 heavy (non-hydrogen) atoms. The van der Waals surface area contributed by atoms with E-state index in [0.717, 1.165) is 19.3 Å². The fraction of sp³-hybridized carbons (Fsp3) is 0.316.